The maximum atomic E-state index is 2.32. The molecule has 0 fully saturated rings. The van der Waals surface area contributed by atoms with E-state index in [0.29, 0.717) is 0 Å². The summed E-state index contributed by atoms with van der Waals surface area (Å²) in [6.45, 7) is 4.64. The Balaban J connectivity index is 1.92. The maximum absolute atomic E-state index is 2.32. The molecule has 1 aliphatic carbocycles. The maximum Gasteiger partial charge on any atom is -0.0244 e. The van der Waals surface area contributed by atoms with Crippen molar-refractivity contribution in [3.8, 4) is 0 Å². The molecule has 0 amide bonds. The van der Waals surface area contributed by atoms with Gasteiger partial charge in [0.05, 0.1) is 0 Å². The van der Waals surface area contributed by atoms with Crippen molar-refractivity contribution in [3.05, 3.63) is 35.4 Å². The predicted molar refractivity (Wildman–Crippen MR) is 61.4 cm³/mol. The van der Waals surface area contributed by atoms with E-state index in [9.17, 15) is 0 Å². The van der Waals surface area contributed by atoms with Gasteiger partial charge in [-0.15, -0.1) is 0 Å². The average Bonchev–Trinajstić information content (AvgIpc) is 2.57. The van der Waals surface area contributed by atoms with Crippen molar-refractivity contribution in [3.63, 3.8) is 0 Å². The van der Waals surface area contributed by atoms with Crippen LogP contribution in [0.5, 0.6) is 0 Å². The largest absolute Gasteiger partial charge is 0.0628 e. The summed E-state index contributed by atoms with van der Waals surface area (Å²) in [5, 5.41) is 0. The molecule has 0 saturated heterocycles. The lowest BCUT2D eigenvalue weighted by molar-refractivity contribution is 0.438. The Morgan fingerprint density at radius 1 is 1.14 bits per heavy atom. The molecule has 0 aromatic heterocycles. The molecule has 0 spiro atoms. The number of hydrogen-bond donors (Lipinski definition) is 0. The molecule has 0 nitrogen and oxygen atoms in total. The van der Waals surface area contributed by atoms with Gasteiger partial charge in [0.2, 0.25) is 0 Å². The van der Waals surface area contributed by atoms with Gasteiger partial charge in [0.25, 0.3) is 0 Å². The second-order valence-corrected chi connectivity index (χ2v) is 5.01. The van der Waals surface area contributed by atoms with Crippen molar-refractivity contribution < 1.29 is 0 Å². The zero-order valence-corrected chi connectivity index (χ0v) is 9.29. The molecule has 0 bridgehead atoms. The third-order valence-electron chi connectivity index (χ3n) is 3.29. The summed E-state index contributed by atoms with van der Waals surface area (Å²) >= 11 is 0. The van der Waals surface area contributed by atoms with Crippen molar-refractivity contribution in [2.24, 2.45) is 11.8 Å². The summed E-state index contributed by atoms with van der Waals surface area (Å²) in [6.07, 6.45) is 5.44. The molecule has 0 atom stereocenters. The molecule has 1 aliphatic rings. The molecule has 14 heavy (non-hydrogen) atoms. The van der Waals surface area contributed by atoms with Gasteiger partial charge in [0.1, 0.15) is 0 Å². The van der Waals surface area contributed by atoms with Gasteiger partial charge in [-0.3, -0.25) is 0 Å². The first-order chi connectivity index (χ1) is 6.75. The number of rotatable bonds is 3. The van der Waals surface area contributed by atoms with Crippen molar-refractivity contribution in [1.82, 2.24) is 0 Å². The van der Waals surface area contributed by atoms with Crippen LogP contribution < -0.4 is 0 Å². The molecule has 1 aromatic carbocycles. The van der Waals surface area contributed by atoms with E-state index in [-0.39, 0.29) is 0 Å². The molecule has 0 N–H and O–H groups in total. The molecule has 0 unspecified atom stereocenters. The smallest absolute Gasteiger partial charge is 0.0244 e. The molecule has 2 rings (SSSR count). The van der Waals surface area contributed by atoms with E-state index in [1.165, 1.54) is 25.7 Å². The minimum absolute atomic E-state index is 0.860. The highest BCUT2D eigenvalue weighted by Crippen LogP contribution is 2.30. The van der Waals surface area contributed by atoms with Gasteiger partial charge < -0.3 is 0 Å². The van der Waals surface area contributed by atoms with Crippen LogP contribution >= 0.6 is 0 Å². The number of benzene rings is 1. The quantitative estimate of drug-likeness (QED) is 0.676. The summed E-state index contributed by atoms with van der Waals surface area (Å²) in [4.78, 5) is 0. The zero-order chi connectivity index (χ0) is 9.97. The molecule has 0 aliphatic heterocycles. The first kappa shape index (κ1) is 9.76. The van der Waals surface area contributed by atoms with Gasteiger partial charge in [-0.1, -0.05) is 44.5 Å². The van der Waals surface area contributed by atoms with Crippen molar-refractivity contribution in [2.75, 3.05) is 0 Å². The highest BCUT2D eigenvalue weighted by atomic mass is 14.2. The lowest BCUT2D eigenvalue weighted by Gasteiger charge is -2.10. The normalized spacial score (nSPS) is 16.2. The minimum Gasteiger partial charge on any atom is -0.0628 e. The van der Waals surface area contributed by atoms with Crippen LogP contribution in [0.25, 0.3) is 0 Å². The molecule has 0 saturated carbocycles. The summed E-state index contributed by atoms with van der Waals surface area (Å²) in [6, 6.07) is 8.93. The van der Waals surface area contributed by atoms with E-state index < -0.39 is 0 Å². The van der Waals surface area contributed by atoms with Crippen LogP contribution in [0.4, 0.5) is 0 Å². The number of fused-ring (bicyclic) bond motifs is 1. The van der Waals surface area contributed by atoms with E-state index in [2.05, 4.69) is 38.1 Å². The lowest BCUT2D eigenvalue weighted by atomic mass is 9.96. The van der Waals surface area contributed by atoms with Crippen LogP contribution in [-0.2, 0) is 12.8 Å². The fraction of sp³-hybridized carbons (Fsp3) is 0.571. The third-order valence-corrected chi connectivity index (χ3v) is 3.29. The Morgan fingerprint density at radius 3 is 2.21 bits per heavy atom. The SMILES string of the molecule is CC(C)CCC1Cc2ccccc2C1. The Labute approximate surface area is 87.3 Å². The van der Waals surface area contributed by atoms with E-state index >= 15 is 0 Å². The molecule has 0 radical (unpaired) electrons. The Hall–Kier alpha value is -0.780. The van der Waals surface area contributed by atoms with Gasteiger partial charge in [0, 0.05) is 0 Å². The van der Waals surface area contributed by atoms with Crippen molar-refractivity contribution in [1.29, 1.82) is 0 Å². The Morgan fingerprint density at radius 2 is 1.71 bits per heavy atom. The van der Waals surface area contributed by atoms with Crippen LogP contribution in [-0.4, -0.2) is 0 Å². The lowest BCUT2D eigenvalue weighted by Crippen LogP contribution is -2.01. The molecule has 76 valence electrons. The standard InChI is InChI=1S/C14H20/c1-11(2)7-8-12-9-13-5-3-4-6-14(13)10-12/h3-6,11-12H,7-10H2,1-2H3. The Kier molecular flexibility index (Phi) is 2.90. The van der Waals surface area contributed by atoms with Gasteiger partial charge >= 0.3 is 0 Å². The number of hydrogen-bond acceptors (Lipinski definition) is 0. The fourth-order valence-corrected chi connectivity index (χ4v) is 2.42. The average molecular weight is 188 g/mol. The highest BCUT2D eigenvalue weighted by Gasteiger charge is 2.20. The van der Waals surface area contributed by atoms with Crippen LogP contribution in [0.15, 0.2) is 24.3 Å². The minimum atomic E-state index is 0.860. The van der Waals surface area contributed by atoms with Gasteiger partial charge in [-0.2, -0.15) is 0 Å². The fourth-order valence-electron chi connectivity index (χ4n) is 2.42. The first-order valence-corrected chi connectivity index (χ1v) is 5.82. The van der Waals surface area contributed by atoms with E-state index in [1.54, 1.807) is 11.1 Å². The predicted octanol–water partition coefficient (Wildman–Crippen LogP) is 3.84. The van der Waals surface area contributed by atoms with Crippen molar-refractivity contribution in [2.45, 2.75) is 39.5 Å². The van der Waals surface area contributed by atoms with Crippen LogP contribution in [0, 0.1) is 11.8 Å². The zero-order valence-electron chi connectivity index (χ0n) is 9.29. The molecule has 0 heterocycles. The first-order valence-electron chi connectivity index (χ1n) is 5.82. The summed E-state index contributed by atoms with van der Waals surface area (Å²) in [5.74, 6) is 1.79. The molecular formula is C14H20. The molecule has 0 heteroatoms. The van der Waals surface area contributed by atoms with Crippen LogP contribution in [0.3, 0.4) is 0 Å². The summed E-state index contributed by atoms with van der Waals surface area (Å²) < 4.78 is 0. The highest BCUT2D eigenvalue weighted by molar-refractivity contribution is 5.31. The summed E-state index contributed by atoms with van der Waals surface area (Å²) in [7, 11) is 0. The second kappa shape index (κ2) is 4.16. The molecule has 1 aromatic rings. The van der Waals surface area contributed by atoms with Gasteiger partial charge in [0.15, 0.2) is 0 Å². The van der Waals surface area contributed by atoms with Gasteiger partial charge in [-0.25, -0.2) is 0 Å². The van der Waals surface area contributed by atoms with Gasteiger partial charge in [-0.05, 0) is 42.2 Å². The monoisotopic (exact) mass is 188 g/mol. The van der Waals surface area contributed by atoms with E-state index in [4.69, 9.17) is 0 Å². The summed E-state index contributed by atoms with van der Waals surface area (Å²) in [5.41, 5.74) is 3.20. The van der Waals surface area contributed by atoms with Crippen LogP contribution in [0.1, 0.15) is 37.8 Å². The van der Waals surface area contributed by atoms with E-state index in [1.807, 2.05) is 0 Å². The third kappa shape index (κ3) is 2.17. The van der Waals surface area contributed by atoms with Crippen LogP contribution in [0.2, 0.25) is 0 Å². The molecular weight excluding hydrogens is 168 g/mol. The Bertz CT molecular complexity index is 274. The van der Waals surface area contributed by atoms with E-state index in [0.717, 1.165) is 11.8 Å². The van der Waals surface area contributed by atoms with Crippen molar-refractivity contribution >= 4 is 0 Å². The topological polar surface area (TPSA) is 0 Å². The second-order valence-electron chi connectivity index (χ2n) is 5.01.